The fourth-order valence-electron chi connectivity index (χ4n) is 2.06. The van der Waals surface area contributed by atoms with Crippen molar-refractivity contribution < 1.29 is 4.92 Å². The quantitative estimate of drug-likeness (QED) is 0.691. The van der Waals surface area contributed by atoms with Crippen LogP contribution in [0.3, 0.4) is 0 Å². The molecule has 0 aliphatic heterocycles. The van der Waals surface area contributed by atoms with Crippen LogP contribution in [0.25, 0.3) is 0 Å². The van der Waals surface area contributed by atoms with Gasteiger partial charge in [0.15, 0.2) is 0 Å². The van der Waals surface area contributed by atoms with Gasteiger partial charge in [-0.3, -0.25) is 10.1 Å². The fraction of sp³-hybridized carbons (Fsp3) is 0.214. The van der Waals surface area contributed by atoms with Crippen molar-refractivity contribution >= 4 is 28.9 Å². The summed E-state index contributed by atoms with van der Waals surface area (Å²) in [6, 6.07) is 9.94. The highest BCUT2D eigenvalue weighted by atomic mass is 35.5. The highest BCUT2D eigenvalue weighted by Gasteiger charge is 2.24. The lowest BCUT2D eigenvalue weighted by Crippen LogP contribution is -2.24. The second kappa shape index (κ2) is 5.97. The molecule has 1 unspecified atom stereocenters. The number of hydrogen-bond acceptors (Lipinski definition) is 5. The van der Waals surface area contributed by atoms with Crippen molar-refractivity contribution in [1.82, 2.24) is 4.98 Å². The van der Waals surface area contributed by atoms with Crippen molar-refractivity contribution in [3.63, 3.8) is 0 Å². The number of nitrogens with two attached hydrogens (primary N) is 1. The maximum absolute atomic E-state index is 11.1. The zero-order valence-corrected chi connectivity index (χ0v) is 12.4. The summed E-state index contributed by atoms with van der Waals surface area (Å²) in [6.45, 7) is 1.90. The number of nitro groups is 1. The molecule has 2 aromatic rings. The van der Waals surface area contributed by atoms with E-state index in [9.17, 15) is 10.1 Å². The lowest BCUT2D eigenvalue weighted by molar-refractivity contribution is -0.384. The summed E-state index contributed by atoms with van der Waals surface area (Å²) >= 11 is 6.18. The summed E-state index contributed by atoms with van der Waals surface area (Å²) in [5, 5.41) is 11.7. The molecule has 0 saturated heterocycles. The van der Waals surface area contributed by atoms with Gasteiger partial charge in [0, 0.05) is 18.1 Å². The Hall–Kier alpha value is -2.34. The number of hydrogen-bond donors (Lipinski definition) is 1. The summed E-state index contributed by atoms with van der Waals surface area (Å²) in [6.07, 6.45) is 0. The lowest BCUT2D eigenvalue weighted by Gasteiger charge is -2.26. The number of halogens is 1. The van der Waals surface area contributed by atoms with Crippen LogP contribution in [0.5, 0.6) is 0 Å². The largest absolute Gasteiger partial charge is 0.384 e. The van der Waals surface area contributed by atoms with Gasteiger partial charge in [-0.05, 0) is 24.6 Å². The number of benzene rings is 1. The number of pyridine rings is 1. The van der Waals surface area contributed by atoms with Crippen LogP contribution in [0.1, 0.15) is 18.5 Å². The molecule has 7 heteroatoms. The standard InChI is InChI=1S/C14H15ClN4O2/c1-9(10-5-3-4-6-11(10)15)18(2)14-12(19(20)21)7-8-13(16)17-14/h3-9H,1-2H3,(H2,16,17). The third-order valence-electron chi connectivity index (χ3n) is 3.34. The van der Waals surface area contributed by atoms with Crippen LogP contribution in [0, 0.1) is 10.1 Å². The molecule has 0 saturated carbocycles. The van der Waals surface area contributed by atoms with Crippen LogP contribution < -0.4 is 10.6 Å². The summed E-state index contributed by atoms with van der Waals surface area (Å²) in [5.74, 6) is 0.446. The number of aromatic nitrogens is 1. The van der Waals surface area contributed by atoms with Gasteiger partial charge in [-0.1, -0.05) is 29.8 Å². The summed E-state index contributed by atoms with van der Waals surface area (Å²) in [4.78, 5) is 16.4. The monoisotopic (exact) mass is 306 g/mol. The zero-order valence-electron chi connectivity index (χ0n) is 11.7. The first kappa shape index (κ1) is 15.1. The minimum Gasteiger partial charge on any atom is -0.384 e. The van der Waals surface area contributed by atoms with Gasteiger partial charge in [-0.2, -0.15) is 0 Å². The van der Waals surface area contributed by atoms with E-state index < -0.39 is 4.92 Å². The van der Waals surface area contributed by atoms with Gasteiger partial charge < -0.3 is 10.6 Å². The van der Waals surface area contributed by atoms with E-state index in [2.05, 4.69) is 4.98 Å². The minimum absolute atomic E-state index is 0.0920. The molecule has 0 spiro atoms. The molecular weight excluding hydrogens is 292 g/mol. The molecular formula is C14H15ClN4O2. The van der Waals surface area contributed by atoms with Crippen LogP contribution >= 0.6 is 11.6 Å². The van der Waals surface area contributed by atoms with Crippen molar-refractivity contribution in [2.75, 3.05) is 17.7 Å². The molecule has 21 heavy (non-hydrogen) atoms. The molecule has 0 fully saturated rings. The predicted octanol–water partition coefficient (Wildman–Crippen LogP) is 3.42. The second-order valence-electron chi connectivity index (χ2n) is 4.64. The topological polar surface area (TPSA) is 85.3 Å². The Bertz CT molecular complexity index is 678. The van der Waals surface area contributed by atoms with Gasteiger partial charge in [0.25, 0.3) is 0 Å². The number of anilines is 2. The van der Waals surface area contributed by atoms with Crippen molar-refractivity contribution in [2.24, 2.45) is 0 Å². The summed E-state index contributed by atoms with van der Waals surface area (Å²) in [5.41, 5.74) is 6.42. The average Bonchev–Trinajstić information content (AvgIpc) is 2.45. The zero-order chi connectivity index (χ0) is 15.6. The minimum atomic E-state index is -0.475. The van der Waals surface area contributed by atoms with Gasteiger partial charge in [0.05, 0.1) is 11.0 Å². The van der Waals surface area contributed by atoms with Crippen LogP contribution in [0.4, 0.5) is 17.3 Å². The van der Waals surface area contributed by atoms with Crippen LogP contribution in [-0.2, 0) is 0 Å². The number of nitrogen functional groups attached to an aromatic ring is 1. The third kappa shape index (κ3) is 3.05. The Morgan fingerprint density at radius 2 is 2.00 bits per heavy atom. The first-order valence-electron chi connectivity index (χ1n) is 6.30. The van der Waals surface area contributed by atoms with E-state index in [0.717, 1.165) is 5.56 Å². The van der Waals surface area contributed by atoms with Crippen molar-refractivity contribution in [3.05, 3.63) is 57.1 Å². The SMILES string of the molecule is CC(c1ccccc1Cl)N(C)c1nc(N)ccc1[N+](=O)[O-]. The molecule has 6 nitrogen and oxygen atoms in total. The highest BCUT2D eigenvalue weighted by Crippen LogP contribution is 2.34. The Balaban J connectivity index is 2.44. The molecule has 0 radical (unpaired) electrons. The van der Waals surface area contributed by atoms with Gasteiger partial charge >= 0.3 is 5.69 Å². The first-order valence-corrected chi connectivity index (χ1v) is 6.67. The molecule has 1 heterocycles. The average molecular weight is 307 g/mol. The number of nitrogens with zero attached hydrogens (tertiary/aromatic N) is 3. The van der Waals surface area contributed by atoms with Crippen molar-refractivity contribution in [1.29, 1.82) is 0 Å². The Labute approximate surface area is 127 Å². The number of rotatable bonds is 4. The summed E-state index contributed by atoms with van der Waals surface area (Å²) < 4.78 is 0. The van der Waals surface area contributed by atoms with E-state index >= 15 is 0 Å². The predicted molar refractivity (Wildman–Crippen MR) is 83.6 cm³/mol. The Kier molecular flexibility index (Phi) is 4.28. The third-order valence-corrected chi connectivity index (χ3v) is 3.69. The van der Waals surface area contributed by atoms with E-state index in [1.165, 1.54) is 12.1 Å². The van der Waals surface area contributed by atoms with Crippen LogP contribution in [0.15, 0.2) is 36.4 Å². The van der Waals surface area contributed by atoms with E-state index in [4.69, 9.17) is 17.3 Å². The Morgan fingerprint density at radius 3 is 2.62 bits per heavy atom. The first-order chi connectivity index (χ1) is 9.91. The van der Waals surface area contributed by atoms with Gasteiger partial charge in [0.1, 0.15) is 5.82 Å². The maximum atomic E-state index is 11.1. The van der Waals surface area contributed by atoms with Crippen molar-refractivity contribution in [3.8, 4) is 0 Å². The van der Waals surface area contributed by atoms with Crippen LogP contribution in [-0.4, -0.2) is 17.0 Å². The molecule has 110 valence electrons. The molecule has 2 rings (SSSR count). The smallest absolute Gasteiger partial charge is 0.311 e. The van der Waals surface area contributed by atoms with E-state index in [0.29, 0.717) is 5.02 Å². The fourth-order valence-corrected chi connectivity index (χ4v) is 2.36. The molecule has 1 aromatic heterocycles. The summed E-state index contributed by atoms with van der Waals surface area (Å²) in [7, 11) is 1.72. The lowest BCUT2D eigenvalue weighted by atomic mass is 10.1. The molecule has 2 N–H and O–H groups in total. The van der Waals surface area contributed by atoms with E-state index in [-0.39, 0.29) is 23.4 Å². The normalized spacial score (nSPS) is 12.0. The Morgan fingerprint density at radius 1 is 1.33 bits per heavy atom. The van der Waals surface area contributed by atoms with E-state index in [1.54, 1.807) is 18.0 Å². The van der Waals surface area contributed by atoms with E-state index in [1.807, 2.05) is 25.1 Å². The van der Waals surface area contributed by atoms with Gasteiger partial charge in [0.2, 0.25) is 5.82 Å². The molecule has 0 aliphatic carbocycles. The van der Waals surface area contributed by atoms with Gasteiger partial charge in [-0.25, -0.2) is 4.98 Å². The van der Waals surface area contributed by atoms with Crippen LogP contribution in [0.2, 0.25) is 5.02 Å². The van der Waals surface area contributed by atoms with Crippen molar-refractivity contribution in [2.45, 2.75) is 13.0 Å². The molecule has 0 aliphatic rings. The van der Waals surface area contributed by atoms with Gasteiger partial charge in [-0.15, -0.1) is 0 Å². The molecule has 0 amide bonds. The highest BCUT2D eigenvalue weighted by molar-refractivity contribution is 6.31. The molecule has 1 atom stereocenters. The molecule has 1 aromatic carbocycles. The maximum Gasteiger partial charge on any atom is 0.311 e. The molecule has 0 bridgehead atoms. The second-order valence-corrected chi connectivity index (χ2v) is 5.05.